The van der Waals surface area contributed by atoms with E-state index in [0.29, 0.717) is 11.4 Å². The molecule has 0 saturated heterocycles. The molecule has 2 aromatic rings. The maximum absolute atomic E-state index is 9.79. The Hall–Kier alpha value is -2.54. The second-order valence-corrected chi connectivity index (χ2v) is 6.62. The fourth-order valence-corrected chi connectivity index (χ4v) is 3.40. The second-order valence-electron chi connectivity index (χ2n) is 6.62. The number of nitrogens with zero attached hydrogens (tertiary/aromatic N) is 1. The number of hydrogen-bond acceptors (Lipinski definition) is 3. The summed E-state index contributed by atoms with van der Waals surface area (Å²) in [5, 5.41) is 9.79. The molecule has 1 aromatic carbocycles. The SMILES string of the molecule is CCCCCc1[nH+]c(N)c(C#N)c(-c2ccccc2OC)c1CCCC. The number of rotatable bonds is 9. The van der Waals surface area contributed by atoms with Crippen LogP contribution in [-0.4, -0.2) is 7.11 Å². The van der Waals surface area contributed by atoms with Crippen LogP contribution in [0.2, 0.25) is 0 Å². The average molecular weight is 353 g/mol. The Morgan fingerprint density at radius 1 is 1.08 bits per heavy atom. The van der Waals surface area contributed by atoms with Gasteiger partial charge in [0.15, 0.2) is 0 Å². The van der Waals surface area contributed by atoms with Gasteiger partial charge in [-0.1, -0.05) is 51.3 Å². The van der Waals surface area contributed by atoms with E-state index in [4.69, 9.17) is 10.5 Å². The van der Waals surface area contributed by atoms with Crippen molar-refractivity contribution in [3.05, 3.63) is 41.1 Å². The van der Waals surface area contributed by atoms with E-state index < -0.39 is 0 Å². The Bertz CT molecular complexity index is 778. The van der Waals surface area contributed by atoms with Crippen LogP contribution in [-0.2, 0) is 12.8 Å². The van der Waals surface area contributed by atoms with Crippen molar-refractivity contribution >= 4 is 5.82 Å². The largest absolute Gasteiger partial charge is 0.496 e. The van der Waals surface area contributed by atoms with Gasteiger partial charge in [0.25, 0.3) is 5.82 Å². The Morgan fingerprint density at radius 3 is 2.46 bits per heavy atom. The standard InChI is InChI=1S/C22H29N3O/c1-4-6-8-13-19-16(11-7-5-2)21(18(15-23)22(24)25-19)17-12-9-10-14-20(17)26-3/h9-10,12,14H,4-8,11,13H2,1-3H3,(H2,24,25)/p+1. The normalized spacial score (nSPS) is 10.5. The number of aromatic amines is 1. The van der Waals surface area contributed by atoms with Gasteiger partial charge in [-0.3, -0.25) is 5.73 Å². The van der Waals surface area contributed by atoms with E-state index in [9.17, 15) is 5.26 Å². The van der Waals surface area contributed by atoms with Crippen molar-refractivity contribution in [2.45, 2.75) is 58.8 Å². The molecule has 1 aromatic heterocycles. The van der Waals surface area contributed by atoms with Crippen LogP contribution in [0.5, 0.6) is 5.75 Å². The number of aryl methyl sites for hydroxylation is 1. The van der Waals surface area contributed by atoms with Gasteiger partial charge in [0, 0.05) is 23.1 Å². The van der Waals surface area contributed by atoms with Crippen molar-refractivity contribution in [3.8, 4) is 22.9 Å². The zero-order valence-electron chi connectivity index (χ0n) is 16.2. The molecule has 0 radical (unpaired) electrons. The van der Waals surface area contributed by atoms with Crippen LogP contribution in [0.4, 0.5) is 5.82 Å². The Balaban J connectivity index is 2.70. The number of nitrogen functional groups attached to an aromatic ring is 1. The first-order valence-corrected chi connectivity index (χ1v) is 9.57. The molecular weight excluding hydrogens is 322 g/mol. The lowest BCUT2D eigenvalue weighted by atomic mass is 9.89. The van der Waals surface area contributed by atoms with E-state index in [-0.39, 0.29) is 0 Å². The minimum absolute atomic E-state index is 0.445. The predicted octanol–water partition coefficient (Wildman–Crippen LogP) is 4.71. The first kappa shape index (κ1) is 19.8. The maximum Gasteiger partial charge on any atom is 0.289 e. The second kappa shape index (κ2) is 9.82. The van der Waals surface area contributed by atoms with E-state index in [1.807, 2.05) is 24.3 Å². The van der Waals surface area contributed by atoms with Crippen molar-refractivity contribution in [2.75, 3.05) is 12.8 Å². The molecule has 0 spiro atoms. The Morgan fingerprint density at radius 2 is 1.81 bits per heavy atom. The van der Waals surface area contributed by atoms with E-state index in [1.54, 1.807) is 7.11 Å². The van der Waals surface area contributed by atoms with Gasteiger partial charge in [0.2, 0.25) is 0 Å². The number of ether oxygens (including phenoxy) is 1. The third-order valence-corrected chi connectivity index (χ3v) is 4.77. The third-order valence-electron chi connectivity index (χ3n) is 4.77. The number of para-hydroxylation sites is 1. The molecule has 0 saturated carbocycles. The maximum atomic E-state index is 9.79. The zero-order chi connectivity index (χ0) is 18.9. The molecule has 0 aliphatic rings. The molecule has 1 heterocycles. The molecule has 0 aliphatic heterocycles. The first-order valence-electron chi connectivity index (χ1n) is 9.57. The summed E-state index contributed by atoms with van der Waals surface area (Å²) in [6, 6.07) is 10.2. The highest BCUT2D eigenvalue weighted by molar-refractivity contribution is 5.81. The lowest BCUT2D eigenvalue weighted by Gasteiger charge is -2.17. The van der Waals surface area contributed by atoms with Crippen LogP contribution in [0.25, 0.3) is 11.1 Å². The smallest absolute Gasteiger partial charge is 0.289 e. The van der Waals surface area contributed by atoms with Crippen LogP contribution in [0.3, 0.4) is 0 Å². The summed E-state index contributed by atoms with van der Waals surface area (Å²) < 4.78 is 5.58. The molecule has 2 rings (SSSR count). The van der Waals surface area contributed by atoms with Gasteiger partial charge >= 0.3 is 0 Å². The van der Waals surface area contributed by atoms with E-state index in [2.05, 4.69) is 24.9 Å². The molecule has 138 valence electrons. The molecule has 3 N–H and O–H groups in total. The molecule has 0 unspecified atom stereocenters. The summed E-state index contributed by atoms with van der Waals surface area (Å²) in [5.41, 5.74) is 11.0. The molecule has 0 atom stereocenters. The number of benzene rings is 1. The van der Waals surface area contributed by atoms with Gasteiger partial charge in [-0.05, 0) is 25.3 Å². The molecule has 0 bridgehead atoms. The highest BCUT2D eigenvalue weighted by Gasteiger charge is 2.24. The molecule has 4 heteroatoms. The topological polar surface area (TPSA) is 73.2 Å². The van der Waals surface area contributed by atoms with Crippen molar-refractivity contribution < 1.29 is 9.72 Å². The number of nitrogens with one attached hydrogen (secondary N) is 1. The summed E-state index contributed by atoms with van der Waals surface area (Å²) in [5.74, 6) is 1.21. The minimum Gasteiger partial charge on any atom is -0.496 e. The fraction of sp³-hybridized carbons (Fsp3) is 0.455. The lowest BCUT2D eigenvalue weighted by molar-refractivity contribution is -0.374. The molecule has 0 fully saturated rings. The Kier molecular flexibility index (Phi) is 7.47. The van der Waals surface area contributed by atoms with Crippen LogP contribution in [0, 0.1) is 11.3 Å². The highest BCUT2D eigenvalue weighted by Crippen LogP contribution is 2.37. The van der Waals surface area contributed by atoms with Gasteiger partial charge in [-0.15, -0.1) is 0 Å². The van der Waals surface area contributed by atoms with E-state index in [0.717, 1.165) is 54.7 Å². The third kappa shape index (κ3) is 4.35. The zero-order valence-corrected chi connectivity index (χ0v) is 16.2. The summed E-state index contributed by atoms with van der Waals surface area (Å²) in [7, 11) is 1.66. The fourth-order valence-electron chi connectivity index (χ4n) is 3.40. The molecule has 0 aliphatic carbocycles. The molecular formula is C22H30N3O+. The van der Waals surface area contributed by atoms with Crippen LogP contribution in [0.15, 0.2) is 24.3 Å². The highest BCUT2D eigenvalue weighted by atomic mass is 16.5. The van der Waals surface area contributed by atoms with Gasteiger partial charge in [0.05, 0.1) is 7.11 Å². The monoisotopic (exact) mass is 352 g/mol. The van der Waals surface area contributed by atoms with Crippen LogP contribution >= 0.6 is 0 Å². The van der Waals surface area contributed by atoms with Crippen molar-refractivity contribution in [3.63, 3.8) is 0 Å². The molecule has 0 amide bonds. The van der Waals surface area contributed by atoms with E-state index in [1.165, 1.54) is 18.4 Å². The summed E-state index contributed by atoms with van der Waals surface area (Å²) in [6.07, 6.45) is 7.53. The summed E-state index contributed by atoms with van der Waals surface area (Å²) in [4.78, 5) is 3.33. The first-order chi connectivity index (χ1) is 12.7. The van der Waals surface area contributed by atoms with Gasteiger partial charge in [-0.25, -0.2) is 4.98 Å². The van der Waals surface area contributed by atoms with Gasteiger partial charge in [-0.2, -0.15) is 5.26 Å². The Labute approximate surface area is 157 Å². The number of anilines is 1. The number of pyridine rings is 1. The number of methoxy groups -OCH3 is 1. The minimum atomic E-state index is 0.445. The predicted molar refractivity (Wildman–Crippen MR) is 106 cm³/mol. The average Bonchev–Trinajstić information content (AvgIpc) is 2.66. The van der Waals surface area contributed by atoms with Crippen molar-refractivity contribution in [1.29, 1.82) is 5.26 Å². The van der Waals surface area contributed by atoms with Crippen molar-refractivity contribution in [1.82, 2.24) is 0 Å². The number of nitrogens with two attached hydrogens (primary N) is 1. The summed E-state index contributed by atoms with van der Waals surface area (Å²) in [6.45, 7) is 4.39. The van der Waals surface area contributed by atoms with Crippen LogP contribution in [0.1, 0.15) is 62.8 Å². The summed E-state index contributed by atoms with van der Waals surface area (Å²) >= 11 is 0. The van der Waals surface area contributed by atoms with E-state index >= 15 is 0 Å². The number of unbranched alkanes of at least 4 members (excludes halogenated alkanes) is 3. The number of nitriles is 1. The lowest BCUT2D eigenvalue weighted by Crippen LogP contribution is -2.22. The van der Waals surface area contributed by atoms with Gasteiger partial charge < -0.3 is 4.74 Å². The van der Waals surface area contributed by atoms with Gasteiger partial charge in [0.1, 0.15) is 23.1 Å². The number of aromatic nitrogens is 1. The van der Waals surface area contributed by atoms with Crippen molar-refractivity contribution in [2.24, 2.45) is 0 Å². The number of hydrogen-bond donors (Lipinski definition) is 1. The number of H-pyrrole nitrogens is 1. The van der Waals surface area contributed by atoms with Crippen LogP contribution < -0.4 is 15.5 Å². The quantitative estimate of drug-likeness (QED) is 0.664. The molecule has 4 nitrogen and oxygen atoms in total. The molecule has 26 heavy (non-hydrogen) atoms.